The van der Waals surface area contributed by atoms with Crippen LogP contribution in [0.4, 0.5) is 5.69 Å². The highest BCUT2D eigenvalue weighted by molar-refractivity contribution is 6.03. The molecule has 12 heteroatoms. The van der Waals surface area contributed by atoms with Crippen LogP contribution in [-0.2, 0) is 16.0 Å². The normalized spacial score (nSPS) is 10.3. The Labute approximate surface area is 249 Å². The van der Waals surface area contributed by atoms with Crippen LogP contribution in [0.2, 0.25) is 0 Å². The summed E-state index contributed by atoms with van der Waals surface area (Å²) in [6, 6.07) is 22.9. The molecule has 5 rings (SSSR count). The molecule has 0 radical (unpaired) electrons. The number of amides is 2. The number of carbonyl (C=O) groups excluding carboxylic acids is 2. The van der Waals surface area contributed by atoms with Crippen molar-refractivity contribution >= 4 is 17.5 Å². The first-order chi connectivity index (χ1) is 20.9. The average molecular weight is 577 g/mol. The minimum absolute atomic E-state index is 0.227. The first-order valence-corrected chi connectivity index (χ1v) is 13.9. The van der Waals surface area contributed by atoms with E-state index in [0.717, 1.165) is 29.5 Å². The van der Waals surface area contributed by atoms with E-state index in [2.05, 4.69) is 70.5 Å². The number of aryl methyl sites for hydroxylation is 2. The summed E-state index contributed by atoms with van der Waals surface area (Å²) in [7, 11) is 0. The molecule has 2 heterocycles. The molecule has 2 N–H and O–H groups in total. The van der Waals surface area contributed by atoms with Crippen LogP contribution in [0, 0.1) is 6.92 Å². The van der Waals surface area contributed by atoms with Gasteiger partial charge in [-0.1, -0.05) is 80.1 Å². The second-order valence-electron chi connectivity index (χ2n) is 9.49. The predicted octanol–water partition coefficient (Wildman–Crippen LogP) is 4.26. The number of carbonyl (C=O) groups is 2. The van der Waals surface area contributed by atoms with Gasteiger partial charge in [-0.25, -0.2) is 0 Å². The Balaban J connectivity index is 0.000000251. The van der Waals surface area contributed by atoms with Crippen molar-refractivity contribution in [2.75, 3.05) is 11.9 Å². The Morgan fingerprint density at radius 3 is 1.86 bits per heavy atom. The molecule has 0 saturated heterocycles. The molecular formula is C31H32N10O2. The van der Waals surface area contributed by atoms with Gasteiger partial charge in [0, 0.05) is 28.9 Å². The summed E-state index contributed by atoms with van der Waals surface area (Å²) in [5, 5.41) is 37.1. The summed E-state index contributed by atoms with van der Waals surface area (Å²) >= 11 is 0. The van der Waals surface area contributed by atoms with E-state index in [1.165, 1.54) is 11.9 Å². The maximum absolute atomic E-state index is 12.0. The highest BCUT2D eigenvalue weighted by Crippen LogP contribution is 2.20. The van der Waals surface area contributed by atoms with Gasteiger partial charge in [0.15, 0.2) is 6.33 Å². The van der Waals surface area contributed by atoms with Gasteiger partial charge in [-0.2, -0.15) is 0 Å². The van der Waals surface area contributed by atoms with Crippen LogP contribution >= 0.6 is 0 Å². The third-order valence-corrected chi connectivity index (χ3v) is 6.12. The maximum atomic E-state index is 12.0. The standard InChI is InChI=1S/C21H22N6O2.C10H10N4/c1-3-11-22-18(28)13-19(29)23-17-6-4-5-16(12-17)21-26-24-20(25-27-21)15-9-7-14(2)8-10-15;1-2-8-3-5-9(6-4-8)10-13-11-7-12-14-10/h4-10,12H,3,11,13H2,1-2H3,(H,22,28)(H,23,29);3-7H,2H2,1H3. The molecule has 12 nitrogen and oxygen atoms in total. The number of rotatable bonds is 9. The molecule has 0 atom stereocenters. The molecule has 5 aromatic rings. The van der Waals surface area contributed by atoms with Crippen LogP contribution in [0.5, 0.6) is 0 Å². The van der Waals surface area contributed by atoms with Gasteiger partial charge in [0.25, 0.3) is 0 Å². The lowest BCUT2D eigenvalue weighted by molar-refractivity contribution is -0.126. The SMILES string of the molecule is CCCNC(=O)CC(=O)Nc1cccc(-c2nnc(-c3ccc(C)cc3)nn2)c1.CCc1ccc(-c2nncnn2)cc1. The number of anilines is 1. The van der Waals surface area contributed by atoms with E-state index in [-0.39, 0.29) is 18.2 Å². The van der Waals surface area contributed by atoms with Crippen LogP contribution in [-0.4, -0.2) is 59.1 Å². The van der Waals surface area contributed by atoms with Gasteiger partial charge in [-0.15, -0.1) is 40.8 Å². The lowest BCUT2D eigenvalue weighted by Gasteiger charge is -2.07. The quantitative estimate of drug-likeness (QED) is 0.243. The fraction of sp³-hybridized carbons (Fsp3) is 0.226. The van der Waals surface area contributed by atoms with Crippen LogP contribution < -0.4 is 10.6 Å². The van der Waals surface area contributed by atoms with E-state index in [1.54, 1.807) is 24.3 Å². The van der Waals surface area contributed by atoms with Crippen molar-refractivity contribution < 1.29 is 9.59 Å². The number of hydrogen-bond acceptors (Lipinski definition) is 10. The molecule has 2 aromatic heterocycles. The van der Waals surface area contributed by atoms with Crippen molar-refractivity contribution in [2.24, 2.45) is 0 Å². The predicted molar refractivity (Wildman–Crippen MR) is 162 cm³/mol. The summed E-state index contributed by atoms with van der Waals surface area (Å²) in [5.41, 5.74) is 5.43. The van der Waals surface area contributed by atoms with E-state index in [9.17, 15) is 9.59 Å². The van der Waals surface area contributed by atoms with Gasteiger partial charge in [-0.3, -0.25) is 9.59 Å². The largest absolute Gasteiger partial charge is 0.356 e. The third-order valence-electron chi connectivity index (χ3n) is 6.12. The van der Waals surface area contributed by atoms with Crippen molar-refractivity contribution in [3.63, 3.8) is 0 Å². The average Bonchev–Trinajstić information content (AvgIpc) is 3.05. The molecule has 3 aromatic carbocycles. The molecule has 0 bridgehead atoms. The Kier molecular flexibility index (Phi) is 11.0. The molecule has 0 saturated carbocycles. The number of nitrogens with one attached hydrogen (secondary N) is 2. The molecule has 0 aliphatic heterocycles. The van der Waals surface area contributed by atoms with E-state index < -0.39 is 0 Å². The molecule has 0 aliphatic carbocycles. The van der Waals surface area contributed by atoms with Gasteiger partial charge < -0.3 is 10.6 Å². The molecular weight excluding hydrogens is 544 g/mol. The Morgan fingerprint density at radius 2 is 1.26 bits per heavy atom. The first kappa shape index (κ1) is 30.4. The van der Waals surface area contributed by atoms with Gasteiger partial charge >= 0.3 is 0 Å². The van der Waals surface area contributed by atoms with Crippen LogP contribution in [0.1, 0.15) is 37.8 Å². The van der Waals surface area contributed by atoms with Crippen LogP contribution in [0.3, 0.4) is 0 Å². The van der Waals surface area contributed by atoms with E-state index in [0.29, 0.717) is 35.3 Å². The zero-order valence-corrected chi connectivity index (χ0v) is 24.2. The Bertz CT molecular complexity index is 1610. The van der Waals surface area contributed by atoms with Crippen molar-refractivity contribution in [3.8, 4) is 34.2 Å². The number of hydrogen-bond donors (Lipinski definition) is 2. The maximum Gasteiger partial charge on any atom is 0.233 e. The monoisotopic (exact) mass is 576 g/mol. The van der Waals surface area contributed by atoms with Crippen molar-refractivity contribution in [1.29, 1.82) is 0 Å². The van der Waals surface area contributed by atoms with Gasteiger partial charge in [0.2, 0.25) is 29.3 Å². The number of benzene rings is 3. The van der Waals surface area contributed by atoms with Crippen LogP contribution in [0.25, 0.3) is 34.2 Å². The molecule has 2 amide bonds. The zero-order chi connectivity index (χ0) is 30.4. The van der Waals surface area contributed by atoms with Crippen molar-refractivity contribution in [3.05, 3.63) is 90.3 Å². The summed E-state index contributed by atoms with van der Waals surface area (Å²) in [5.74, 6) is 0.663. The zero-order valence-electron chi connectivity index (χ0n) is 24.2. The summed E-state index contributed by atoms with van der Waals surface area (Å²) in [6.45, 7) is 6.63. The first-order valence-electron chi connectivity index (χ1n) is 13.9. The molecule has 0 fully saturated rings. The lowest BCUT2D eigenvalue weighted by Crippen LogP contribution is -2.28. The highest BCUT2D eigenvalue weighted by Gasteiger charge is 2.11. The molecule has 218 valence electrons. The van der Waals surface area contributed by atoms with E-state index in [4.69, 9.17) is 0 Å². The summed E-state index contributed by atoms with van der Waals surface area (Å²) < 4.78 is 0. The summed E-state index contributed by atoms with van der Waals surface area (Å²) in [6.07, 6.45) is 2.95. The van der Waals surface area contributed by atoms with Crippen molar-refractivity contribution in [1.82, 2.24) is 46.1 Å². The highest BCUT2D eigenvalue weighted by atomic mass is 16.2. The third kappa shape index (κ3) is 9.25. The van der Waals surface area contributed by atoms with Gasteiger partial charge in [-0.05, 0) is 37.5 Å². The minimum atomic E-state index is -0.386. The topological polar surface area (TPSA) is 161 Å². The van der Waals surface area contributed by atoms with Crippen LogP contribution in [0.15, 0.2) is 79.1 Å². The Morgan fingerprint density at radius 1 is 0.674 bits per heavy atom. The second kappa shape index (κ2) is 15.5. The number of aromatic nitrogens is 8. The summed E-state index contributed by atoms with van der Waals surface area (Å²) in [4.78, 5) is 23.7. The lowest BCUT2D eigenvalue weighted by atomic mass is 10.1. The Hall–Kier alpha value is -5.52. The fourth-order valence-corrected chi connectivity index (χ4v) is 3.79. The smallest absolute Gasteiger partial charge is 0.233 e. The molecule has 0 aliphatic rings. The van der Waals surface area contributed by atoms with Crippen molar-refractivity contribution in [2.45, 2.75) is 40.0 Å². The minimum Gasteiger partial charge on any atom is -0.356 e. The molecule has 0 spiro atoms. The van der Waals surface area contributed by atoms with Gasteiger partial charge in [0.05, 0.1) is 0 Å². The molecule has 43 heavy (non-hydrogen) atoms. The number of nitrogens with zero attached hydrogens (tertiary/aromatic N) is 8. The molecule has 0 unspecified atom stereocenters. The van der Waals surface area contributed by atoms with E-state index in [1.807, 2.05) is 50.2 Å². The van der Waals surface area contributed by atoms with Gasteiger partial charge in [0.1, 0.15) is 6.42 Å². The van der Waals surface area contributed by atoms with E-state index >= 15 is 0 Å². The fourth-order valence-electron chi connectivity index (χ4n) is 3.79. The second-order valence-corrected chi connectivity index (χ2v) is 9.49.